The van der Waals surface area contributed by atoms with Crippen molar-refractivity contribution in [2.24, 2.45) is 0 Å². The number of carbonyl (C=O) groups excluding carboxylic acids is 2. The SMILES string of the molecule is CCC(C)NC(=O)C(Cc1ccccc1)N(Cc1ccccc1C)C(=O)CC(c1ccccc1)c1ccccc1. The lowest BCUT2D eigenvalue weighted by Gasteiger charge is -2.34. The van der Waals surface area contributed by atoms with Crippen molar-refractivity contribution in [1.82, 2.24) is 10.2 Å². The first kappa shape index (κ1) is 28.8. The van der Waals surface area contributed by atoms with E-state index in [1.807, 2.05) is 96.8 Å². The Bertz CT molecular complexity index is 1320. The van der Waals surface area contributed by atoms with Gasteiger partial charge in [-0.3, -0.25) is 9.59 Å². The summed E-state index contributed by atoms with van der Waals surface area (Å²) >= 11 is 0. The number of hydrogen-bond acceptors (Lipinski definition) is 2. The first-order chi connectivity index (χ1) is 19.5. The van der Waals surface area contributed by atoms with E-state index in [9.17, 15) is 9.59 Å². The van der Waals surface area contributed by atoms with Crippen LogP contribution in [-0.4, -0.2) is 28.8 Å². The molecule has 0 aliphatic heterocycles. The van der Waals surface area contributed by atoms with Crippen LogP contribution in [-0.2, 0) is 22.6 Å². The third-order valence-electron chi connectivity index (χ3n) is 7.66. The number of amides is 2. The Balaban J connectivity index is 1.75. The van der Waals surface area contributed by atoms with Crippen LogP contribution < -0.4 is 5.32 Å². The number of nitrogens with one attached hydrogen (secondary N) is 1. The minimum absolute atomic E-state index is 0.0163. The summed E-state index contributed by atoms with van der Waals surface area (Å²) in [6.07, 6.45) is 1.53. The van der Waals surface area contributed by atoms with Gasteiger partial charge in [0.05, 0.1) is 0 Å². The van der Waals surface area contributed by atoms with E-state index in [2.05, 4.69) is 49.5 Å². The minimum Gasteiger partial charge on any atom is -0.352 e. The van der Waals surface area contributed by atoms with E-state index in [0.29, 0.717) is 13.0 Å². The minimum atomic E-state index is -0.643. The second kappa shape index (κ2) is 14.3. The summed E-state index contributed by atoms with van der Waals surface area (Å²) in [6.45, 7) is 6.48. The van der Waals surface area contributed by atoms with E-state index in [4.69, 9.17) is 0 Å². The predicted molar refractivity (Wildman–Crippen MR) is 163 cm³/mol. The zero-order valence-corrected chi connectivity index (χ0v) is 23.8. The highest BCUT2D eigenvalue weighted by molar-refractivity contribution is 5.88. The van der Waals surface area contributed by atoms with E-state index < -0.39 is 6.04 Å². The quantitative estimate of drug-likeness (QED) is 0.212. The van der Waals surface area contributed by atoms with Crippen LogP contribution in [0.1, 0.15) is 60.4 Å². The molecule has 40 heavy (non-hydrogen) atoms. The molecule has 4 rings (SSSR count). The first-order valence-corrected chi connectivity index (χ1v) is 14.2. The van der Waals surface area contributed by atoms with E-state index in [1.54, 1.807) is 0 Å². The molecule has 2 amide bonds. The predicted octanol–water partition coefficient (Wildman–Crippen LogP) is 7.07. The van der Waals surface area contributed by atoms with E-state index in [-0.39, 0.29) is 30.2 Å². The second-order valence-electron chi connectivity index (χ2n) is 10.5. The summed E-state index contributed by atoms with van der Waals surface area (Å²) in [6, 6.07) is 37.8. The number of carbonyl (C=O) groups is 2. The van der Waals surface area contributed by atoms with Crippen molar-refractivity contribution in [3.05, 3.63) is 143 Å². The molecular weight excluding hydrogens is 492 g/mol. The molecule has 0 heterocycles. The Labute approximate surface area is 239 Å². The van der Waals surface area contributed by atoms with E-state index in [0.717, 1.165) is 34.2 Å². The van der Waals surface area contributed by atoms with Crippen molar-refractivity contribution < 1.29 is 9.59 Å². The van der Waals surface area contributed by atoms with E-state index in [1.165, 1.54) is 0 Å². The summed E-state index contributed by atoms with van der Waals surface area (Å²) < 4.78 is 0. The van der Waals surface area contributed by atoms with Gasteiger partial charge in [-0.05, 0) is 48.1 Å². The van der Waals surface area contributed by atoms with Gasteiger partial charge < -0.3 is 10.2 Å². The fourth-order valence-corrected chi connectivity index (χ4v) is 5.06. The molecule has 4 heteroatoms. The normalized spacial score (nSPS) is 12.5. The number of nitrogens with zero attached hydrogens (tertiary/aromatic N) is 1. The molecule has 0 radical (unpaired) electrons. The topological polar surface area (TPSA) is 49.4 Å². The molecule has 4 aromatic rings. The third-order valence-corrected chi connectivity index (χ3v) is 7.66. The van der Waals surface area contributed by atoms with Gasteiger partial charge >= 0.3 is 0 Å². The van der Waals surface area contributed by atoms with Crippen LogP contribution >= 0.6 is 0 Å². The van der Waals surface area contributed by atoms with Gasteiger partial charge in [0, 0.05) is 31.3 Å². The lowest BCUT2D eigenvalue weighted by molar-refractivity contribution is -0.141. The van der Waals surface area contributed by atoms with Crippen molar-refractivity contribution in [2.45, 2.75) is 64.6 Å². The number of aryl methyl sites for hydroxylation is 1. The van der Waals surface area contributed by atoms with Gasteiger partial charge in [-0.1, -0.05) is 122 Å². The highest BCUT2D eigenvalue weighted by Gasteiger charge is 2.33. The fraction of sp³-hybridized carbons (Fsp3) is 0.278. The van der Waals surface area contributed by atoms with Crippen molar-refractivity contribution in [2.75, 3.05) is 0 Å². The van der Waals surface area contributed by atoms with Crippen LogP contribution in [0.4, 0.5) is 0 Å². The summed E-state index contributed by atoms with van der Waals surface area (Å²) in [5.41, 5.74) is 5.34. The summed E-state index contributed by atoms with van der Waals surface area (Å²) in [7, 11) is 0. The highest BCUT2D eigenvalue weighted by atomic mass is 16.2. The van der Waals surface area contributed by atoms with Gasteiger partial charge in [0.25, 0.3) is 0 Å². The van der Waals surface area contributed by atoms with Gasteiger partial charge in [-0.25, -0.2) is 0 Å². The second-order valence-corrected chi connectivity index (χ2v) is 10.5. The van der Waals surface area contributed by atoms with Crippen molar-refractivity contribution in [3.63, 3.8) is 0 Å². The van der Waals surface area contributed by atoms with Crippen LogP contribution in [0, 0.1) is 6.92 Å². The number of benzene rings is 4. The number of rotatable bonds is 12. The fourth-order valence-electron chi connectivity index (χ4n) is 5.06. The molecule has 4 nitrogen and oxygen atoms in total. The van der Waals surface area contributed by atoms with Gasteiger partial charge in [-0.15, -0.1) is 0 Å². The Kier molecular flexibility index (Phi) is 10.3. The van der Waals surface area contributed by atoms with Gasteiger partial charge in [0.1, 0.15) is 6.04 Å². The Morgan fingerprint density at radius 3 is 1.82 bits per heavy atom. The zero-order chi connectivity index (χ0) is 28.3. The van der Waals surface area contributed by atoms with Crippen LogP contribution in [0.25, 0.3) is 0 Å². The third kappa shape index (κ3) is 7.69. The molecule has 2 unspecified atom stereocenters. The molecule has 0 aliphatic carbocycles. The molecule has 0 saturated heterocycles. The Morgan fingerprint density at radius 2 is 1.27 bits per heavy atom. The average molecular weight is 533 g/mol. The molecule has 0 aromatic heterocycles. The van der Waals surface area contributed by atoms with Crippen molar-refractivity contribution >= 4 is 11.8 Å². The monoisotopic (exact) mass is 532 g/mol. The van der Waals surface area contributed by atoms with Crippen LogP contribution in [0.3, 0.4) is 0 Å². The van der Waals surface area contributed by atoms with Crippen molar-refractivity contribution in [3.8, 4) is 0 Å². The molecule has 0 saturated carbocycles. The van der Waals surface area contributed by atoms with E-state index >= 15 is 0 Å². The Morgan fingerprint density at radius 1 is 0.750 bits per heavy atom. The van der Waals surface area contributed by atoms with Gasteiger partial charge in [0.15, 0.2) is 0 Å². The summed E-state index contributed by atoms with van der Waals surface area (Å²) in [4.78, 5) is 30.1. The highest BCUT2D eigenvalue weighted by Crippen LogP contribution is 2.30. The lowest BCUT2D eigenvalue weighted by atomic mass is 9.87. The number of hydrogen-bond donors (Lipinski definition) is 1. The zero-order valence-electron chi connectivity index (χ0n) is 23.8. The van der Waals surface area contributed by atoms with Crippen LogP contribution in [0.5, 0.6) is 0 Å². The summed E-state index contributed by atoms with van der Waals surface area (Å²) in [5.74, 6) is -0.276. The first-order valence-electron chi connectivity index (χ1n) is 14.2. The maximum Gasteiger partial charge on any atom is 0.243 e. The molecule has 2 atom stereocenters. The molecule has 0 bridgehead atoms. The maximum absolute atomic E-state index is 14.5. The molecular formula is C36H40N2O2. The maximum atomic E-state index is 14.5. The standard InChI is InChI=1S/C36H40N2O2/c1-4-28(3)37-36(40)34(24-29-17-8-5-9-18-29)38(26-32-23-15-14-16-27(32)2)35(39)25-33(30-19-10-6-11-20-30)31-21-12-7-13-22-31/h5-23,28,33-34H,4,24-26H2,1-3H3,(H,37,40). The Hall–Kier alpha value is -4.18. The smallest absolute Gasteiger partial charge is 0.243 e. The molecule has 206 valence electrons. The lowest BCUT2D eigenvalue weighted by Crippen LogP contribution is -2.52. The van der Waals surface area contributed by atoms with Crippen LogP contribution in [0.15, 0.2) is 115 Å². The molecule has 0 spiro atoms. The van der Waals surface area contributed by atoms with Crippen molar-refractivity contribution in [1.29, 1.82) is 0 Å². The molecule has 4 aromatic carbocycles. The average Bonchev–Trinajstić information content (AvgIpc) is 2.99. The summed E-state index contributed by atoms with van der Waals surface area (Å²) in [5, 5.41) is 3.17. The van der Waals surface area contributed by atoms with Gasteiger partial charge in [-0.2, -0.15) is 0 Å². The van der Waals surface area contributed by atoms with Crippen LogP contribution in [0.2, 0.25) is 0 Å². The molecule has 1 N–H and O–H groups in total. The van der Waals surface area contributed by atoms with Gasteiger partial charge in [0.2, 0.25) is 11.8 Å². The largest absolute Gasteiger partial charge is 0.352 e. The molecule has 0 fully saturated rings. The molecule has 0 aliphatic rings.